The molecule has 1 saturated carbocycles. The SMILES string of the molecule is NC(=O)[C@@H]1C[C@H](Oc2cccnc2)CN1C(=O)CC1CCCC1. The Morgan fingerprint density at radius 3 is 2.78 bits per heavy atom. The summed E-state index contributed by atoms with van der Waals surface area (Å²) in [6.07, 6.45) is 8.65. The molecule has 2 N–H and O–H groups in total. The normalized spacial score (nSPS) is 24.8. The Kier molecular flexibility index (Phi) is 4.79. The smallest absolute Gasteiger partial charge is 0.240 e. The van der Waals surface area contributed by atoms with E-state index in [4.69, 9.17) is 10.5 Å². The predicted octanol–water partition coefficient (Wildman–Crippen LogP) is 1.50. The van der Waals surface area contributed by atoms with Crippen LogP contribution in [0.1, 0.15) is 38.5 Å². The van der Waals surface area contributed by atoms with Gasteiger partial charge in [0.2, 0.25) is 11.8 Å². The van der Waals surface area contributed by atoms with E-state index in [1.165, 1.54) is 12.8 Å². The molecule has 0 radical (unpaired) electrons. The van der Waals surface area contributed by atoms with Gasteiger partial charge in [-0.3, -0.25) is 14.6 Å². The highest BCUT2D eigenvalue weighted by molar-refractivity contribution is 5.87. The molecule has 6 heteroatoms. The van der Waals surface area contributed by atoms with E-state index < -0.39 is 11.9 Å². The number of primary amides is 1. The van der Waals surface area contributed by atoms with Gasteiger partial charge in [0.15, 0.2) is 0 Å². The molecule has 2 atom stereocenters. The van der Waals surface area contributed by atoms with E-state index in [0.29, 0.717) is 31.1 Å². The number of carbonyl (C=O) groups excluding carboxylic acids is 2. The minimum Gasteiger partial charge on any atom is -0.487 e. The van der Waals surface area contributed by atoms with Gasteiger partial charge < -0.3 is 15.4 Å². The minimum absolute atomic E-state index is 0.0259. The van der Waals surface area contributed by atoms with Crippen LogP contribution in [0, 0.1) is 5.92 Å². The molecule has 2 fully saturated rings. The fourth-order valence-corrected chi connectivity index (χ4v) is 3.62. The molecule has 1 saturated heterocycles. The van der Waals surface area contributed by atoms with Crippen molar-refractivity contribution in [1.82, 2.24) is 9.88 Å². The molecular weight excluding hydrogens is 294 g/mol. The van der Waals surface area contributed by atoms with Gasteiger partial charge in [-0.2, -0.15) is 0 Å². The third-order valence-electron chi connectivity index (χ3n) is 4.79. The molecule has 1 aliphatic carbocycles. The summed E-state index contributed by atoms with van der Waals surface area (Å²) >= 11 is 0. The molecule has 1 aromatic rings. The van der Waals surface area contributed by atoms with Gasteiger partial charge in [-0.25, -0.2) is 0 Å². The summed E-state index contributed by atoms with van der Waals surface area (Å²) < 4.78 is 5.84. The van der Waals surface area contributed by atoms with Crippen LogP contribution in [0.25, 0.3) is 0 Å². The molecule has 0 aromatic carbocycles. The maximum absolute atomic E-state index is 12.6. The maximum atomic E-state index is 12.6. The van der Waals surface area contributed by atoms with Crippen molar-refractivity contribution in [2.75, 3.05) is 6.54 Å². The van der Waals surface area contributed by atoms with Gasteiger partial charge in [0.05, 0.1) is 12.7 Å². The van der Waals surface area contributed by atoms with E-state index in [-0.39, 0.29) is 12.0 Å². The van der Waals surface area contributed by atoms with E-state index in [2.05, 4.69) is 4.98 Å². The lowest BCUT2D eigenvalue weighted by atomic mass is 10.0. The van der Waals surface area contributed by atoms with Crippen LogP contribution in [0.4, 0.5) is 0 Å². The number of ether oxygens (including phenoxy) is 1. The molecule has 0 unspecified atom stereocenters. The van der Waals surface area contributed by atoms with E-state index in [1.54, 1.807) is 23.4 Å². The predicted molar refractivity (Wildman–Crippen MR) is 84.5 cm³/mol. The highest BCUT2D eigenvalue weighted by Gasteiger charge is 2.40. The molecule has 2 heterocycles. The van der Waals surface area contributed by atoms with Crippen LogP contribution >= 0.6 is 0 Å². The fraction of sp³-hybridized carbons (Fsp3) is 0.588. The van der Waals surface area contributed by atoms with Crippen LogP contribution in [0.5, 0.6) is 5.75 Å². The number of rotatable bonds is 5. The topological polar surface area (TPSA) is 85.5 Å². The Balaban J connectivity index is 1.63. The van der Waals surface area contributed by atoms with Gasteiger partial charge >= 0.3 is 0 Å². The number of pyridine rings is 1. The van der Waals surface area contributed by atoms with Crippen molar-refractivity contribution in [2.24, 2.45) is 11.7 Å². The van der Waals surface area contributed by atoms with Crippen LogP contribution < -0.4 is 10.5 Å². The molecule has 6 nitrogen and oxygen atoms in total. The molecule has 2 aliphatic rings. The summed E-state index contributed by atoms with van der Waals surface area (Å²) in [5.41, 5.74) is 5.49. The summed E-state index contributed by atoms with van der Waals surface area (Å²) in [5.74, 6) is 0.667. The van der Waals surface area contributed by atoms with Crippen molar-refractivity contribution in [2.45, 2.75) is 50.7 Å². The Hall–Kier alpha value is -2.11. The second kappa shape index (κ2) is 6.98. The number of nitrogens with two attached hydrogens (primary N) is 1. The van der Waals surface area contributed by atoms with Crippen molar-refractivity contribution in [1.29, 1.82) is 0 Å². The summed E-state index contributed by atoms with van der Waals surface area (Å²) in [4.78, 5) is 29.9. The minimum atomic E-state index is -0.564. The van der Waals surface area contributed by atoms with Crippen molar-refractivity contribution in [3.63, 3.8) is 0 Å². The van der Waals surface area contributed by atoms with Gasteiger partial charge in [-0.05, 0) is 30.9 Å². The number of aromatic nitrogens is 1. The first-order valence-corrected chi connectivity index (χ1v) is 8.29. The lowest BCUT2D eigenvalue weighted by Crippen LogP contribution is -2.44. The van der Waals surface area contributed by atoms with E-state index >= 15 is 0 Å². The highest BCUT2D eigenvalue weighted by atomic mass is 16.5. The third-order valence-corrected chi connectivity index (χ3v) is 4.79. The van der Waals surface area contributed by atoms with Gasteiger partial charge in [-0.15, -0.1) is 0 Å². The quantitative estimate of drug-likeness (QED) is 0.891. The molecule has 23 heavy (non-hydrogen) atoms. The van der Waals surface area contributed by atoms with E-state index in [9.17, 15) is 9.59 Å². The van der Waals surface area contributed by atoms with Crippen molar-refractivity contribution in [3.05, 3.63) is 24.5 Å². The average molecular weight is 317 g/mol. The van der Waals surface area contributed by atoms with Crippen LogP contribution in [-0.2, 0) is 9.59 Å². The number of hydrogen-bond acceptors (Lipinski definition) is 4. The van der Waals surface area contributed by atoms with Gasteiger partial charge in [0.1, 0.15) is 17.9 Å². The van der Waals surface area contributed by atoms with Crippen molar-refractivity contribution < 1.29 is 14.3 Å². The zero-order valence-corrected chi connectivity index (χ0v) is 13.2. The highest BCUT2D eigenvalue weighted by Crippen LogP contribution is 2.30. The number of carbonyl (C=O) groups is 2. The van der Waals surface area contributed by atoms with Crippen LogP contribution in [0.3, 0.4) is 0 Å². The zero-order valence-electron chi connectivity index (χ0n) is 13.2. The van der Waals surface area contributed by atoms with Crippen LogP contribution in [-0.4, -0.2) is 40.4 Å². The Morgan fingerprint density at radius 2 is 2.13 bits per heavy atom. The third kappa shape index (κ3) is 3.81. The molecule has 0 bridgehead atoms. The van der Waals surface area contributed by atoms with Gasteiger partial charge in [0, 0.05) is 19.0 Å². The first-order valence-electron chi connectivity index (χ1n) is 8.29. The molecule has 1 aliphatic heterocycles. The molecule has 124 valence electrons. The molecule has 1 aromatic heterocycles. The van der Waals surface area contributed by atoms with Crippen LogP contribution in [0.15, 0.2) is 24.5 Å². The maximum Gasteiger partial charge on any atom is 0.240 e. The van der Waals surface area contributed by atoms with Gasteiger partial charge in [-0.1, -0.05) is 12.8 Å². The van der Waals surface area contributed by atoms with Crippen molar-refractivity contribution >= 4 is 11.8 Å². The molecule has 2 amide bonds. The standard InChI is InChI=1S/C17H23N3O3/c18-17(22)15-9-14(23-13-6-3-7-19-10-13)11-20(15)16(21)8-12-4-1-2-5-12/h3,6-7,10,12,14-15H,1-2,4-5,8-9,11H2,(H2,18,22)/t14-,15-/m0/s1. The largest absolute Gasteiger partial charge is 0.487 e. The first-order chi connectivity index (χ1) is 11.1. The summed E-state index contributed by atoms with van der Waals surface area (Å²) in [7, 11) is 0. The number of amides is 2. The Labute approximate surface area is 136 Å². The zero-order chi connectivity index (χ0) is 16.2. The fourth-order valence-electron chi connectivity index (χ4n) is 3.62. The number of nitrogens with zero attached hydrogens (tertiary/aromatic N) is 2. The van der Waals surface area contributed by atoms with Crippen molar-refractivity contribution in [3.8, 4) is 5.75 Å². The van der Waals surface area contributed by atoms with E-state index in [0.717, 1.165) is 12.8 Å². The van der Waals surface area contributed by atoms with Crippen LogP contribution in [0.2, 0.25) is 0 Å². The lowest BCUT2D eigenvalue weighted by molar-refractivity contribution is -0.138. The second-order valence-corrected chi connectivity index (χ2v) is 6.48. The summed E-state index contributed by atoms with van der Waals surface area (Å²) in [6, 6.07) is 3.04. The number of likely N-dealkylation sites (tertiary alicyclic amines) is 1. The lowest BCUT2D eigenvalue weighted by Gasteiger charge is -2.23. The molecular formula is C17H23N3O3. The Morgan fingerprint density at radius 1 is 1.35 bits per heavy atom. The number of hydrogen-bond donors (Lipinski definition) is 1. The molecule has 0 spiro atoms. The summed E-state index contributed by atoms with van der Waals surface area (Å²) in [6.45, 7) is 0.411. The first kappa shape index (κ1) is 15.8. The average Bonchev–Trinajstić information content (AvgIpc) is 3.18. The molecule has 3 rings (SSSR count). The monoisotopic (exact) mass is 317 g/mol. The second-order valence-electron chi connectivity index (χ2n) is 6.48. The van der Waals surface area contributed by atoms with E-state index in [1.807, 2.05) is 6.07 Å². The van der Waals surface area contributed by atoms with Gasteiger partial charge in [0.25, 0.3) is 0 Å². The summed E-state index contributed by atoms with van der Waals surface area (Å²) in [5, 5.41) is 0. The Bertz CT molecular complexity index is 557.